The Balaban J connectivity index is 2.24. The van der Waals surface area contributed by atoms with Gasteiger partial charge in [-0.15, -0.1) is 0 Å². The Kier molecular flexibility index (Phi) is 4.08. The van der Waals surface area contributed by atoms with Crippen LogP contribution in [0.4, 0.5) is 11.4 Å². The molecule has 3 heteroatoms. The summed E-state index contributed by atoms with van der Waals surface area (Å²) in [6.07, 6.45) is 1.01. The topological polar surface area (TPSA) is 69.1 Å². The van der Waals surface area contributed by atoms with Gasteiger partial charge < -0.3 is 11.5 Å². The molecular weight excluding hydrogens is 248 g/mol. The van der Waals surface area contributed by atoms with Gasteiger partial charge in [-0.05, 0) is 36.1 Å². The molecule has 0 heterocycles. The van der Waals surface area contributed by atoms with Gasteiger partial charge in [-0.3, -0.25) is 4.79 Å². The number of anilines is 2. The molecule has 0 unspecified atom stereocenters. The molecule has 0 atom stereocenters. The monoisotopic (exact) mass is 268 g/mol. The van der Waals surface area contributed by atoms with E-state index in [1.54, 1.807) is 18.2 Å². The molecule has 0 bridgehead atoms. The van der Waals surface area contributed by atoms with Crippen molar-refractivity contribution >= 4 is 17.2 Å². The van der Waals surface area contributed by atoms with Crippen LogP contribution in [0.5, 0.6) is 0 Å². The van der Waals surface area contributed by atoms with E-state index in [1.165, 1.54) is 5.56 Å². The van der Waals surface area contributed by atoms with Gasteiger partial charge in [0, 0.05) is 22.5 Å². The number of carbonyl (C=O) groups excluding carboxylic acids is 1. The van der Waals surface area contributed by atoms with E-state index in [4.69, 9.17) is 11.5 Å². The van der Waals surface area contributed by atoms with E-state index in [0.29, 0.717) is 28.4 Å². The van der Waals surface area contributed by atoms with Crippen LogP contribution in [-0.2, 0) is 6.42 Å². The zero-order valence-electron chi connectivity index (χ0n) is 11.9. The number of rotatable bonds is 4. The summed E-state index contributed by atoms with van der Waals surface area (Å²) in [5.41, 5.74) is 14.9. The molecule has 0 saturated carbocycles. The van der Waals surface area contributed by atoms with Gasteiger partial charge in [-0.25, -0.2) is 0 Å². The number of nitrogen functional groups attached to an aromatic ring is 2. The summed E-state index contributed by atoms with van der Waals surface area (Å²) in [7, 11) is 0. The van der Waals surface area contributed by atoms with E-state index in [0.717, 1.165) is 6.42 Å². The van der Waals surface area contributed by atoms with Crippen molar-refractivity contribution in [3.63, 3.8) is 0 Å². The van der Waals surface area contributed by atoms with E-state index in [2.05, 4.69) is 13.8 Å². The lowest BCUT2D eigenvalue weighted by molar-refractivity contribution is 0.103. The minimum atomic E-state index is -0.0555. The first-order chi connectivity index (χ1) is 9.45. The SMILES string of the molecule is CC(C)Cc1ccc(C(=O)c2cc(N)cc(N)c2)cc1. The van der Waals surface area contributed by atoms with Gasteiger partial charge in [0.1, 0.15) is 0 Å². The number of hydrogen-bond donors (Lipinski definition) is 2. The second-order valence-electron chi connectivity index (χ2n) is 5.51. The highest BCUT2D eigenvalue weighted by molar-refractivity contribution is 6.09. The van der Waals surface area contributed by atoms with Crippen molar-refractivity contribution in [3.8, 4) is 0 Å². The number of carbonyl (C=O) groups is 1. The molecule has 3 nitrogen and oxygen atoms in total. The largest absolute Gasteiger partial charge is 0.399 e. The van der Waals surface area contributed by atoms with Gasteiger partial charge in [-0.2, -0.15) is 0 Å². The first kappa shape index (κ1) is 14.1. The molecule has 104 valence electrons. The molecule has 0 aromatic heterocycles. The van der Waals surface area contributed by atoms with Crippen LogP contribution in [0.25, 0.3) is 0 Å². The predicted molar refractivity (Wildman–Crippen MR) is 83.7 cm³/mol. The van der Waals surface area contributed by atoms with Crippen molar-refractivity contribution in [3.05, 3.63) is 59.2 Å². The Morgan fingerprint density at radius 1 is 0.950 bits per heavy atom. The third-order valence-corrected chi connectivity index (χ3v) is 3.10. The molecule has 2 aromatic rings. The standard InChI is InChI=1S/C17H20N2O/c1-11(2)7-12-3-5-13(6-4-12)17(20)14-8-15(18)10-16(19)9-14/h3-6,8-11H,7,18-19H2,1-2H3. The van der Waals surface area contributed by atoms with Crippen molar-refractivity contribution in [2.45, 2.75) is 20.3 Å². The highest BCUT2D eigenvalue weighted by Crippen LogP contribution is 2.18. The van der Waals surface area contributed by atoms with Crippen LogP contribution >= 0.6 is 0 Å². The molecule has 2 rings (SSSR count). The molecule has 20 heavy (non-hydrogen) atoms. The molecule has 0 spiro atoms. The number of ketones is 1. The van der Waals surface area contributed by atoms with Crippen LogP contribution in [0.1, 0.15) is 35.3 Å². The van der Waals surface area contributed by atoms with E-state index in [-0.39, 0.29) is 5.78 Å². The molecule has 0 aliphatic heterocycles. The molecule has 0 amide bonds. The average molecular weight is 268 g/mol. The van der Waals surface area contributed by atoms with Crippen molar-refractivity contribution < 1.29 is 4.79 Å². The van der Waals surface area contributed by atoms with Crippen LogP contribution in [0, 0.1) is 5.92 Å². The molecule has 4 N–H and O–H groups in total. The minimum absolute atomic E-state index is 0.0555. The van der Waals surface area contributed by atoms with Crippen LogP contribution in [-0.4, -0.2) is 5.78 Å². The summed E-state index contributed by atoms with van der Waals surface area (Å²) in [6, 6.07) is 12.7. The second kappa shape index (κ2) is 5.78. The van der Waals surface area contributed by atoms with Gasteiger partial charge in [0.05, 0.1) is 0 Å². The third kappa shape index (κ3) is 3.38. The number of hydrogen-bond acceptors (Lipinski definition) is 3. The average Bonchev–Trinajstić information content (AvgIpc) is 2.37. The third-order valence-electron chi connectivity index (χ3n) is 3.10. The van der Waals surface area contributed by atoms with Gasteiger partial charge in [0.15, 0.2) is 5.78 Å². The fourth-order valence-electron chi connectivity index (χ4n) is 2.24. The fourth-order valence-corrected chi connectivity index (χ4v) is 2.24. The number of benzene rings is 2. The van der Waals surface area contributed by atoms with E-state index < -0.39 is 0 Å². The Morgan fingerprint density at radius 3 is 2.00 bits per heavy atom. The quantitative estimate of drug-likeness (QED) is 0.660. The molecule has 0 aliphatic carbocycles. The highest BCUT2D eigenvalue weighted by Gasteiger charge is 2.10. The summed E-state index contributed by atoms with van der Waals surface area (Å²) in [5, 5.41) is 0. The van der Waals surface area contributed by atoms with Crippen LogP contribution in [0.3, 0.4) is 0 Å². The zero-order valence-corrected chi connectivity index (χ0v) is 11.9. The van der Waals surface area contributed by atoms with Crippen LogP contribution < -0.4 is 11.5 Å². The van der Waals surface area contributed by atoms with Gasteiger partial charge in [0.25, 0.3) is 0 Å². The van der Waals surface area contributed by atoms with Gasteiger partial charge >= 0.3 is 0 Å². The summed E-state index contributed by atoms with van der Waals surface area (Å²) >= 11 is 0. The summed E-state index contributed by atoms with van der Waals surface area (Å²) in [6.45, 7) is 4.35. The van der Waals surface area contributed by atoms with Crippen molar-refractivity contribution in [2.75, 3.05) is 11.5 Å². The highest BCUT2D eigenvalue weighted by atomic mass is 16.1. The molecule has 0 aliphatic rings. The molecule has 0 radical (unpaired) electrons. The predicted octanol–water partition coefficient (Wildman–Crippen LogP) is 3.28. The second-order valence-corrected chi connectivity index (χ2v) is 5.51. The Bertz CT molecular complexity index is 595. The van der Waals surface area contributed by atoms with E-state index in [1.807, 2.05) is 24.3 Å². The summed E-state index contributed by atoms with van der Waals surface area (Å²) in [4.78, 5) is 12.4. The van der Waals surface area contributed by atoms with Crippen molar-refractivity contribution in [2.24, 2.45) is 5.92 Å². The molecule has 0 saturated heterocycles. The smallest absolute Gasteiger partial charge is 0.193 e. The first-order valence-electron chi connectivity index (χ1n) is 6.75. The van der Waals surface area contributed by atoms with E-state index in [9.17, 15) is 4.79 Å². The summed E-state index contributed by atoms with van der Waals surface area (Å²) < 4.78 is 0. The van der Waals surface area contributed by atoms with Crippen molar-refractivity contribution in [1.82, 2.24) is 0 Å². The lowest BCUT2D eigenvalue weighted by Gasteiger charge is -2.07. The fraction of sp³-hybridized carbons (Fsp3) is 0.235. The maximum atomic E-state index is 12.4. The number of nitrogens with two attached hydrogens (primary N) is 2. The van der Waals surface area contributed by atoms with Crippen LogP contribution in [0.2, 0.25) is 0 Å². The normalized spacial score (nSPS) is 10.8. The lowest BCUT2D eigenvalue weighted by Crippen LogP contribution is -2.04. The first-order valence-corrected chi connectivity index (χ1v) is 6.75. The van der Waals surface area contributed by atoms with Crippen LogP contribution in [0.15, 0.2) is 42.5 Å². The Morgan fingerprint density at radius 2 is 1.50 bits per heavy atom. The molecular formula is C17H20N2O. The maximum absolute atomic E-state index is 12.4. The Hall–Kier alpha value is -2.29. The molecule has 2 aromatic carbocycles. The van der Waals surface area contributed by atoms with E-state index >= 15 is 0 Å². The molecule has 0 fully saturated rings. The minimum Gasteiger partial charge on any atom is -0.399 e. The van der Waals surface area contributed by atoms with Crippen molar-refractivity contribution in [1.29, 1.82) is 0 Å². The van der Waals surface area contributed by atoms with Gasteiger partial charge in [0.2, 0.25) is 0 Å². The van der Waals surface area contributed by atoms with Gasteiger partial charge in [-0.1, -0.05) is 38.1 Å². The zero-order chi connectivity index (χ0) is 14.7. The Labute approximate surface area is 119 Å². The summed E-state index contributed by atoms with van der Waals surface area (Å²) in [5.74, 6) is 0.547. The maximum Gasteiger partial charge on any atom is 0.193 e. The lowest BCUT2D eigenvalue weighted by atomic mass is 9.98.